The van der Waals surface area contributed by atoms with E-state index in [1.807, 2.05) is 38.1 Å². The largest absolute Gasteiger partial charge is 0.493 e. The number of nitrogens with zero attached hydrogens (tertiary/aromatic N) is 3. The lowest BCUT2D eigenvalue weighted by molar-refractivity contribution is 0.341. The molecule has 0 saturated heterocycles. The van der Waals surface area contributed by atoms with Gasteiger partial charge in [0.2, 0.25) is 0 Å². The van der Waals surface area contributed by atoms with Crippen molar-refractivity contribution in [3.05, 3.63) is 46.1 Å². The molecule has 0 unspecified atom stereocenters. The second-order valence-electron chi connectivity index (χ2n) is 7.15. The molecular weight excluding hydrogens is 328 g/mol. The summed E-state index contributed by atoms with van der Waals surface area (Å²) in [6.07, 6.45) is 2.00. The van der Waals surface area contributed by atoms with Gasteiger partial charge < -0.3 is 9.72 Å². The Labute approximate surface area is 153 Å². The zero-order chi connectivity index (χ0) is 18.9. The summed E-state index contributed by atoms with van der Waals surface area (Å²) in [5.74, 6) is 1.99. The molecule has 0 fully saturated rings. The number of nitrogens with one attached hydrogen (secondary N) is 1. The Morgan fingerprint density at radius 1 is 1.23 bits per heavy atom. The molecule has 0 aliphatic heterocycles. The first-order valence-corrected chi connectivity index (χ1v) is 9.11. The monoisotopic (exact) mass is 354 g/mol. The van der Waals surface area contributed by atoms with E-state index in [0.717, 1.165) is 24.2 Å². The van der Waals surface area contributed by atoms with Crippen molar-refractivity contribution in [2.45, 2.75) is 52.9 Å². The molecule has 0 amide bonds. The van der Waals surface area contributed by atoms with Crippen molar-refractivity contribution in [1.29, 1.82) is 0 Å². The van der Waals surface area contributed by atoms with Crippen molar-refractivity contribution in [2.24, 2.45) is 0 Å². The number of aromatic nitrogens is 4. The van der Waals surface area contributed by atoms with Gasteiger partial charge in [-0.25, -0.2) is 9.50 Å². The van der Waals surface area contributed by atoms with Gasteiger partial charge in [0.15, 0.2) is 11.3 Å². The predicted octanol–water partition coefficient (Wildman–Crippen LogP) is 3.87. The summed E-state index contributed by atoms with van der Waals surface area (Å²) in [6.45, 7) is 10.8. The van der Waals surface area contributed by atoms with Gasteiger partial charge in [-0.05, 0) is 32.4 Å². The van der Waals surface area contributed by atoms with Gasteiger partial charge in [0.1, 0.15) is 11.6 Å². The van der Waals surface area contributed by atoms with Crippen LogP contribution in [0, 0.1) is 6.92 Å². The lowest BCUT2D eigenvalue weighted by Gasteiger charge is -2.22. The van der Waals surface area contributed by atoms with Gasteiger partial charge in [-0.3, -0.25) is 4.79 Å². The molecule has 1 N–H and O–H groups in total. The summed E-state index contributed by atoms with van der Waals surface area (Å²) in [7, 11) is 0. The highest BCUT2D eigenvalue weighted by molar-refractivity contribution is 5.65. The Morgan fingerprint density at radius 3 is 2.65 bits per heavy atom. The van der Waals surface area contributed by atoms with E-state index in [-0.39, 0.29) is 11.0 Å². The third-order valence-corrected chi connectivity index (χ3v) is 4.60. The van der Waals surface area contributed by atoms with Crippen molar-refractivity contribution in [1.82, 2.24) is 19.6 Å². The Morgan fingerprint density at radius 2 is 1.96 bits per heavy atom. The zero-order valence-corrected chi connectivity index (χ0v) is 16.1. The number of imidazole rings is 1. The number of hydrogen-bond donors (Lipinski definition) is 1. The Kier molecular flexibility index (Phi) is 4.85. The third-order valence-electron chi connectivity index (χ3n) is 4.60. The van der Waals surface area contributed by atoms with E-state index in [4.69, 9.17) is 9.84 Å². The second-order valence-corrected chi connectivity index (χ2v) is 7.15. The maximum atomic E-state index is 12.8. The Bertz CT molecular complexity index is 985. The molecular formula is C20H26N4O2. The van der Waals surface area contributed by atoms with E-state index in [1.54, 1.807) is 4.52 Å². The van der Waals surface area contributed by atoms with Gasteiger partial charge in [-0.15, -0.1) is 5.10 Å². The highest BCUT2D eigenvalue weighted by Crippen LogP contribution is 2.30. The Hall–Kier alpha value is -2.63. The van der Waals surface area contributed by atoms with Crippen LogP contribution in [-0.2, 0) is 5.41 Å². The molecule has 0 aliphatic rings. The van der Waals surface area contributed by atoms with E-state index >= 15 is 0 Å². The number of H-pyrrole nitrogens is 1. The molecule has 138 valence electrons. The smallest absolute Gasteiger partial charge is 0.277 e. The molecule has 6 nitrogen and oxygen atoms in total. The minimum atomic E-state index is -0.190. The summed E-state index contributed by atoms with van der Waals surface area (Å²) in [5.41, 5.74) is 1.59. The van der Waals surface area contributed by atoms with Gasteiger partial charge in [0.05, 0.1) is 17.9 Å². The zero-order valence-electron chi connectivity index (χ0n) is 16.1. The molecule has 6 heteroatoms. The normalized spacial score (nSPS) is 11.9. The average molecular weight is 354 g/mol. The van der Waals surface area contributed by atoms with Gasteiger partial charge in [0, 0.05) is 5.41 Å². The van der Waals surface area contributed by atoms with Crippen LogP contribution in [0.4, 0.5) is 0 Å². The Balaban J connectivity index is 2.27. The maximum absolute atomic E-state index is 12.8. The van der Waals surface area contributed by atoms with Crippen molar-refractivity contribution in [2.75, 3.05) is 6.61 Å². The molecule has 0 saturated carbocycles. The van der Waals surface area contributed by atoms with Crippen LogP contribution in [0.15, 0.2) is 29.1 Å². The van der Waals surface area contributed by atoms with Crippen LogP contribution < -0.4 is 10.3 Å². The number of ether oxygens (including phenoxy) is 1. The van der Waals surface area contributed by atoms with Crippen molar-refractivity contribution < 1.29 is 4.74 Å². The number of fused-ring (bicyclic) bond motifs is 1. The standard InChI is InChI=1S/C20H26N4O2/c1-6-12-20(4,5)19-21-13(3)16-18(25)22-17(23-24(16)19)14-10-8-9-11-15(14)26-7-2/h8-11H,6-7,12H2,1-5H3,(H,22,23,25). The number of hydrogen-bond acceptors (Lipinski definition) is 4. The van der Waals surface area contributed by atoms with Crippen LogP contribution in [-0.4, -0.2) is 26.2 Å². The fourth-order valence-corrected chi connectivity index (χ4v) is 3.41. The predicted molar refractivity (Wildman–Crippen MR) is 103 cm³/mol. The highest BCUT2D eigenvalue weighted by atomic mass is 16.5. The fraction of sp³-hybridized carbons (Fsp3) is 0.450. The van der Waals surface area contributed by atoms with Crippen LogP contribution in [0.2, 0.25) is 0 Å². The van der Waals surface area contributed by atoms with E-state index in [0.29, 0.717) is 29.4 Å². The first-order chi connectivity index (χ1) is 12.4. The average Bonchev–Trinajstić information content (AvgIpc) is 2.94. The minimum Gasteiger partial charge on any atom is -0.493 e. The first-order valence-electron chi connectivity index (χ1n) is 9.11. The topological polar surface area (TPSA) is 72.3 Å². The minimum absolute atomic E-state index is 0.177. The maximum Gasteiger partial charge on any atom is 0.277 e. The molecule has 3 rings (SSSR count). The summed E-state index contributed by atoms with van der Waals surface area (Å²) in [5, 5.41) is 4.74. The molecule has 2 aromatic heterocycles. The summed E-state index contributed by atoms with van der Waals surface area (Å²) < 4.78 is 7.41. The van der Waals surface area contributed by atoms with Crippen LogP contribution in [0.25, 0.3) is 16.9 Å². The number of aromatic amines is 1. The number of aryl methyl sites for hydroxylation is 1. The van der Waals surface area contributed by atoms with Crippen molar-refractivity contribution in [3.8, 4) is 17.1 Å². The van der Waals surface area contributed by atoms with Crippen LogP contribution in [0.5, 0.6) is 5.75 Å². The van der Waals surface area contributed by atoms with Gasteiger partial charge in [-0.2, -0.15) is 0 Å². The number of rotatable bonds is 6. The lowest BCUT2D eigenvalue weighted by Crippen LogP contribution is -2.23. The second kappa shape index (κ2) is 6.94. The molecule has 0 aliphatic carbocycles. The number of benzene rings is 1. The molecule has 0 spiro atoms. The van der Waals surface area contributed by atoms with Gasteiger partial charge >= 0.3 is 0 Å². The third kappa shape index (κ3) is 3.11. The summed E-state index contributed by atoms with van der Waals surface area (Å²) in [6, 6.07) is 7.59. The van der Waals surface area contributed by atoms with Crippen molar-refractivity contribution in [3.63, 3.8) is 0 Å². The molecule has 0 atom stereocenters. The highest BCUT2D eigenvalue weighted by Gasteiger charge is 2.28. The van der Waals surface area contributed by atoms with E-state index in [2.05, 4.69) is 30.7 Å². The van der Waals surface area contributed by atoms with Crippen LogP contribution >= 0.6 is 0 Å². The van der Waals surface area contributed by atoms with E-state index in [9.17, 15) is 4.79 Å². The summed E-state index contributed by atoms with van der Waals surface area (Å²) >= 11 is 0. The molecule has 26 heavy (non-hydrogen) atoms. The molecule has 1 aromatic carbocycles. The molecule has 0 bridgehead atoms. The first kappa shape index (κ1) is 18.2. The van der Waals surface area contributed by atoms with E-state index in [1.165, 1.54) is 0 Å². The van der Waals surface area contributed by atoms with Gasteiger partial charge in [-0.1, -0.05) is 39.3 Å². The molecule has 0 radical (unpaired) electrons. The SMILES string of the molecule is CCCC(C)(C)c1nc(C)c2c(=O)[nH]c(-c3ccccc3OCC)nn12. The quantitative estimate of drug-likeness (QED) is 0.729. The van der Waals surface area contributed by atoms with E-state index < -0.39 is 0 Å². The lowest BCUT2D eigenvalue weighted by atomic mass is 9.87. The van der Waals surface area contributed by atoms with Crippen molar-refractivity contribution >= 4 is 5.52 Å². The molecule has 3 aromatic rings. The van der Waals surface area contributed by atoms with Gasteiger partial charge in [0.25, 0.3) is 5.56 Å². The summed E-state index contributed by atoms with van der Waals surface area (Å²) in [4.78, 5) is 20.3. The fourth-order valence-electron chi connectivity index (χ4n) is 3.41. The van der Waals surface area contributed by atoms with Crippen LogP contribution in [0.1, 0.15) is 52.1 Å². The number of para-hydroxylation sites is 1. The molecule has 2 heterocycles. The van der Waals surface area contributed by atoms with Crippen LogP contribution in [0.3, 0.4) is 0 Å².